The quantitative estimate of drug-likeness (QED) is 0.729. The van der Waals surface area contributed by atoms with Crippen LogP contribution in [0.5, 0.6) is 5.88 Å². The first-order chi connectivity index (χ1) is 9.81. The van der Waals surface area contributed by atoms with Crippen LogP contribution in [0.3, 0.4) is 0 Å². The van der Waals surface area contributed by atoms with Crippen LogP contribution in [0.25, 0.3) is 10.6 Å². The van der Waals surface area contributed by atoms with Gasteiger partial charge in [0.1, 0.15) is 17.4 Å². The maximum Gasteiger partial charge on any atom is 0.225 e. The standard InChI is InChI=1S/C15H11FN2OS/c16-13-3-1-11(2-4-13)9-19-14-10-20-15(18-14)12-5-7-17-8-6-12/h1-8,10H,9H2. The van der Waals surface area contributed by atoms with Crippen molar-refractivity contribution in [1.82, 2.24) is 9.97 Å². The van der Waals surface area contributed by atoms with Gasteiger partial charge in [-0.3, -0.25) is 4.98 Å². The first-order valence-corrected chi connectivity index (χ1v) is 6.92. The monoisotopic (exact) mass is 286 g/mol. The van der Waals surface area contributed by atoms with Gasteiger partial charge in [-0.1, -0.05) is 12.1 Å². The zero-order valence-corrected chi connectivity index (χ0v) is 11.3. The minimum atomic E-state index is -0.248. The number of nitrogens with zero attached hydrogens (tertiary/aromatic N) is 2. The lowest BCUT2D eigenvalue weighted by atomic mass is 10.2. The third kappa shape index (κ3) is 3.00. The lowest BCUT2D eigenvalue weighted by Crippen LogP contribution is -1.95. The molecule has 20 heavy (non-hydrogen) atoms. The Kier molecular flexibility index (Phi) is 3.69. The highest BCUT2D eigenvalue weighted by atomic mass is 32.1. The smallest absolute Gasteiger partial charge is 0.225 e. The molecule has 0 atom stereocenters. The fraction of sp³-hybridized carbons (Fsp3) is 0.0667. The Morgan fingerprint density at radius 3 is 2.55 bits per heavy atom. The summed E-state index contributed by atoms with van der Waals surface area (Å²) in [6, 6.07) is 10.0. The number of hydrogen-bond acceptors (Lipinski definition) is 4. The molecule has 0 bridgehead atoms. The number of aromatic nitrogens is 2. The summed E-state index contributed by atoms with van der Waals surface area (Å²) in [6.07, 6.45) is 3.46. The van der Waals surface area contributed by atoms with Gasteiger partial charge in [-0.2, -0.15) is 0 Å². The van der Waals surface area contributed by atoms with Gasteiger partial charge >= 0.3 is 0 Å². The molecular formula is C15H11FN2OS. The molecule has 0 amide bonds. The molecule has 0 aliphatic rings. The number of hydrogen-bond donors (Lipinski definition) is 0. The maximum atomic E-state index is 12.8. The molecule has 2 heterocycles. The zero-order valence-electron chi connectivity index (χ0n) is 10.5. The van der Waals surface area contributed by atoms with Gasteiger partial charge in [0.15, 0.2) is 0 Å². The molecule has 100 valence electrons. The third-order valence-corrected chi connectivity index (χ3v) is 3.58. The minimum Gasteiger partial charge on any atom is -0.472 e. The van der Waals surface area contributed by atoms with E-state index in [1.54, 1.807) is 24.5 Å². The molecule has 3 aromatic rings. The SMILES string of the molecule is Fc1ccc(COc2csc(-c3ccncc3)n2)cc1. The van der Waals surface area contributed by atoms with E-state index in [4.69, 9.17) is 4.74 Å². The molecule has 0 fully saturated rings. The molecule has 0 radical (unpaired) electrons. The second-order valence-electron chi connectivity index (χ2n) is 4.14. The van der Waals surface area contributed by atoms with E-state index in [1.165, 1.54) is 23.5 Å². The second kappa shape index (κ2) is 5.79. The Morgan fingerprint density at radius 1 is 1.05 bits per heavy atom. The van der Waals surface area contributed by atoms with Gasteiger partial charge in [-0.05, 0) is 29.8 Å². The van der Waals surface area contributed by atoms with Crippen molar-refractivity contribution in [2.75, 3.05) is 0 Å². The number of benzene rings is 1. The molecule has 3 nitrogen and oxygen atoms in total. The topological polar surface area (TPSA) is 35.0 Å². The van der Waals surface area contributed by atoms with E-state index < -0.39 is 0 Å². The second-order valence-corrected chi connectivity index (χ2v) is 5.00. The van der Waals surface area contributed by atoms with Crippen LogP contribution in [-0.2, 0) is 6.61 Å². The molecule has 0 N–H and O–H groups in total. The van der Waals surface area contributed by atoms with Crippen molar-refractivity contribution in [3.8, 4) is 16.5 Å². The summed E-state index contributed by atoms with van der Waals surface area (Å²) in [5.74, 6) is 0.327. The summed E-state index contributed by atoms with van der Waals surface area (Å²) >= 11 is 1.52. The normalized spacial score (nSPS) is 10.4. The molecule has 0 aliphatic heterocycles. The van der Waals surface area contributed by atoms with Crippen LogP contribution < -0.4 is 4.74 Å². The van der Waals surface area contributed by atoms with E-state index in [0.717, 1.165) is 16.1 Å². The van der Waals surface area contributed by atoms with Gasteiger partial charge < -0.3 is 4.74 Å². The number of thiazole rings is 1. The third-order valence-electron chi connectivity index (χ3n) is 2.71. The van der Waals surface area contributed by atoms with E-state index in [-0.39, 0.29) is 5.82 Å². The van der Waals surface area contributed by atoms with Crippen LogP contribution >= 0.6 is 11.3 Å². The summed E-state index contributed by atoms with van der Waals surface area (Å²) in [7, 11) is 0. The first kappa shape index (κ1) is 12.7. The largest absolute Gasteiger partial charge is 0.472 e. The van der Waals surface area contributed by atoms with E-state index in [0.29, 0.717) is 12.5 Å². The lowest BCUT2D eigenvalue weighted by molar-refractivity contribution is 0.296. The maximum absolute atomic E-state index is 12.8. The van der Waals surface area contributed by atoms with Crippen LogP contribution in [0.2, 0.25) is 0 Å². The number of rotatable bonds is 4. The van der Waals surface area contributed by atoms with Crippen molar-refractivity contribution in [3.63, 3.8) is 0 Å². The number of ether oxygens (including phenoxy) is 1. The van der Waals surface area contributed by atoms with Crippen molar-refractivity contribution < 1.29 is 9.13 Å². The Bertz CT molecular complexity index is 683. The van der Waals surface area contributed by atoms with Crippen LogP contribution in [0.15, 0.2) is 54.2 Å². The van der Waals surface area contributed by atoms with Gasteiger partial charge in [0.2, 0.25) is 5.88 Å². The Balaban J connectivity index is 1.67. The first-order valence-electron chi connectivity index (χ1n) is 6.04. The summed E-state index contributed by atoms with van der Waals surface area (Å²) in [5, 5.41) is 2.75. The van der Waals surface area contributed by atoms with Gasteiger partial charge in [0, 0.05) is 18.0 Å². The molecule has 0 saturated carbocycles. The Morgan fingerprint density at radius 2 is 1.80 bits per heavy atom. The summed E-state index contributed by atoms with van der Waals surface area (Å²) in [4.78, 5) is 8.38. The van der Waals surface area contributed by atoms with Crippen molar-refractivity contribution in [2.45, 2.75) is 6.61 Å². The van der Waals surface area contributed by atoms with Crippen molar-refractivity contribution >= 4 is 11.3 Å². The molecule has 0 spiro atoms. The van der Waals surface area contributed by atoms with Crippen LogP contribution in [0, 0.1) is 5.82 Å². The predicted molar refractivity (Wildman–Crippen MR) is 76.1 cm³/mol. The molecule has 3 rings (SSSR count). The summed E-state index contributed by atoms with van der Waals surface area (Å²) in [5.41, 5.74) is 1.92. The van der Waals surface area contributed by atoms with E-state index in [1.807, 2.05) is 17.5 Å². The molecule has 0 saturated heterocycles. The predicted octanol–water partition coefficient (Wildman–Crippen LogP) is 3.92. The molecule has 0 aliphatic carbocycles. The molecule has 1 aromatic carbocycles. The van der Waals surface area contributed by atoms with Crippen molar-refractivity contribution in [1.29, 1.82) is 0 Å². The lowest BCUT2D eigenvalue weighted by Gasteiger charge is -2.02. The zero-order chi connectivity index (χ0) is 13.8. The minimum absolute atomic E-state index is 0.248. The van der Waals surface area contributed by atoms with Crippen molar-refractivity contribution in [2.24, 2.45) is 0 Å². The fourth-order valence-corrected chi connectivity index (χ4v) is 2.44. The van der Waals surface area contributed by atoms with Crippen LogP contribution in [0.4, 0.5) is 4.39 Å². The Labute approximate surface area is 119 Å². The summed E-state index contributed by atoms with van der Waals surface area (Å²) in [6.45, 7) is 0.375. The highest BCUT2D eigenvalue weighted by Gasteiger charge is 2.05. The molecule has 0 unspecified atom stereocenters. The van der Waals surface area contributed by atoms with Gasteiger partial charge in [0.25, 0.3) is 0 Å². The van der Waals surface area contributed by atoms with Crippen LogP contribution in [-0.4, -0.2) is 9.97 Å². The van der Waals surface area contributed by atoms with Crippen LogP contribution in [0.1, 0.15) is 5.56 Å². The van der Waals surface area contributed by atoms with E-state index in [2.05, 4.69) is 9.97 Å². The van der Waals surface area contributed by atoms with Gasteiger partial charge in [-0.15, -0.1) is 11.3 Å². The fourth-order valence-electron chi connectivity index (χ4n) is 1.69. The summed E-state index contributed by atoms with van der Waals surface area (Å²) < 4.78 is 18.4. The van der Waals surface area contributed by atoms with Gasteiger partial charge in [-0.25, -0.2) is 9.37 Å². The number of halogens is 1. The average molecular weight is 286 g/mol. The highest BCUT2D eigenvalue weighted by molar-refractivity contribution is 7.13. The van der Waals surface area contributed by atoms with Crippen molar-refractivity contribution in [3.05, 3.63) is 65.6 Å². The van der Waals surface area contributed by atoms with E-state index in [9.17, 15) is 4.39 Å². The highest BCUT2D eigenvalue weighted by Crippen LogP contribution is 2.26. The molecule has 5 heteroatoms. The Hall–Kier alpha value is -2.27. The number of pyridine rings is 1. The molecule has 2 aromatic heterocycles. The molecular weight excluding hydrogens is 275 g/mol. The van der Waals surface area contributed by atoms with Gasteiger partial charge in [0.05, 0.1) is 5.38 Å². The average Bonchev–Trinajstić information content (AvgIpc) is 2.97. The van der Waals surface area contributed by atoms with E-state index >= 15 is 0 Å².